The van der Waals surface area contributed by atoms with Crippen LogP contribution in [0.5, 0.6) is 0 Å². The lowest BCUT2D eigenvalue weighted by Gasteiger charge is -2.42. The number of benzene rings is 1. The number of nitrogens with zero attached hydrogens (tertiary/aromatic N) is 2. The van der Waals surface area contributed by atoms with E-state index in [1.807, 2.05) is 30.3 Å². The number of hydrogen-bond acceptors (Lipinski definition) is 5. The molecule has 3 heterocycles. The first-order valence-electron chi connectivity index (χ1n) is 9.10. The minimum absolute atomic E-state index is 0.0852. The van der Waals surface area contributed by atoms with Gasteiger partial charge in [-0.05, 0) is 17.0 Å². The van der Waals surface area contributed by atoms with Gasteiger partial charge in [-0.2, -0.15) is 4.31 Å². The molecule has 2 fully saturated rings. The standard InChI is InChI=1S/C19H21N3O4S2/c23-17-9-15(19(24)20-10-14-5-2-1-3-6-14)11-22(17)16-12-21(13-16)28(25,26)18-7-4-8-27-18/h1-8,15-16H,9-13H2,(H,20,24). The van der Waals surface area contributed by atoms with Crippen molar-refractivity contribution in [2.45, 2.75) is 23.2 Å². The van der Waals surface area contributed by atoms with Crippen molar-refractivity contribution in [2.24, 2.45) is 5.92 Å². The number of thiophene rings is 1. The minimum Gasteiger partial charge on any atom is -0.352 e. The third kappa shape index (κ3) is 3.69. The summed E-state index contributed by atoms with van der Waals surface area (Å²) in [6, 6.07) is 12.7. The largest absolute Gasteiger partial charge is 0.352 e. The van der Waals surface area contributed by atoms with Crippen LogP contribution in [0.4, 0.5) is 0 Å². The number of nitrogens with one attached hydrogen (secondary N) is 1. The second-order valence-electron chi connectivity index (χ2n) is 7.06. The van der Waals surface area contributed by atoms with Gasteiger partial charge in [0.05, 0.1) is 12.0 Å². The first-order chi connectivity index (χ1) is 13.4. The number of likely N-dealkylation sites (tertiary alicyclic amines) is 1. The lowest BCUT2D eigenvalue weighted by Crippen LogP contribution is -2.61. The monoisotopic (exact) mass is 419 g/mol. The Morgan fingerprint density at radius 1 is 1.11 bits per heavy atom. The third-order valence-corrected chi connectivity index (χ3v) is 8.40. The second-order valence-corrected chi connectivity index (χ2v) is 10.2. The van der Waals surface area contributed by atoms with Crippen LogP contribution in [0.2, 0.25) is 0 Å². The van der Waals surface area contributed by atoms with Crippen LogP contribution in [0.25, 0.3) is 0 Å². The maximum atomic E-state index is 12.5. The predicted molar refractivity (Wildman–Crippen MR) is 105 cm³/mol. The molecule has 0 aliphatic carbocycles. The highest BCUT2D eigenvalue weighted by atomic mass is 32.2. The molecule has 0 bridgehead atoms. The summed E-state index contributed by atoms with van der Waals surface area (Å²) in [6.07, 6.45) is 0.175. The highest BCUT2D eigenvalue weighted by molar-refractivity contribution is 7.91. The summed E-state index contributed by atoms with van der Waals surface area (Å²) in [5.74, 6) is -0.612. The van der Waals surface area contributed by atoms with E-state index in [-0.39, 0.29) is 43.3 Å². The predicted octanol–water partition coefficient (Wildman–Crippen LogP) is 1.29. The Morgan fingerprint density at radius 3 is 2.54 bits per heavy atom. The molecule has 1 unspecified atom stereocenters. The minimum atomic E-state index is -3.47. The van der Waals surface area contributed by atoms with Gasteiger partial charge in [0.1, 0.15) is 4.21 Å². The van der Waals surface area contributed by atoms with Gasteiger partial charge in [0.15, 0.2) is 0 Å². The van der Waals surface area contributed by atoms with Gasteiger partial charge in [-0.15, -0.1) is 11.3 Å². The quantitative estimate of drug-likeness (QED) is 0.764. The summed E-state index contributed by atoms with van der Waals surface area (Å²) in [6.45, 7) is 1.34. The van der Waals surface area contributed by atoms with Gasteiger partial charge in [-0.1, -0.05) is 36.4 Å². The van der Waals surface area contributed by atoms with Gasteiger partial charge in [0.2, 0.25) is 11.8 Å². The number of sulfonamides is 1. The molecule has 0 radical (unpaired) electrons. The fourth-order valence-corrected chi connectivity index (χ4v) is 6.20. The van der Waals surface area contributed by atoms with E-state index in [1.165, 1.54) is 15.6 Å². The van der Waals surface area contributed by atoms with Crippen molar-refractivity contribution in [3.8, 4) is 0 Å². The summed E-state index contributed by atoms with van der Waals surface area (Å²) < 4.78 is 26.7. The van der Waals surface area contributed by atoms with Crippen LogP contribution in [-0.2, 0) is 26.2 Å². The molecule has 2 aliphatic heterocycles. The Bertz CT molecular complexity index is 954. The zero-order valence-electron chi connectivity index (χ0n) is 15.2. The van der Waals surface area contributed by atoms with Gasteiger partial charge in [0.25, 0.3) is 10.0 Å². The maximum absolute atomic E-state index is 12.5. The van der Waals surface area contributed by atoms with Crippen molar-refractivity contribution in [3.63, 3.8) is 0 Å². The Balaban J connectivity index is 1.30. The van der Waals surface area contributed by atoms with Crippen molar-refractivity contribution in [2.75, 3.05) is 19.6 Å². The fourth-order valence-electron chi connectivity index (χ4n) is 3.54. The summed E-state index contributed by atoms with van der Waals surface area (Å²) in [5, 5.41) is 4.61. The first-order valence-corrected chi connectivity index (χ1v) is 11.4. The van der Waals surface area contributed by atoms with Crippen LogP contribution in [0.3, 0.4) is 0 Å². The molecule has 7 nitrogen and oxygen atoms in total. The molecule has 1 aromatic heterocycles. The SMILES string of the molecule is O=C(NCc1ccccc1)C1CC(=O)N(C2CN(S(=O)(=O)c3cccs3)C2)C1. The number of amides is 2. The fraction of sp³-hybridized carbons (Fsp3) is 0.368. The number of carbonyl (C=O) groups is 2. The molecule has 0 spiro atoms. The average molecular weight is 420 g/mol. The van der Waals surface area contributed by atoms with Crippen molar-refractivity contribution in [1.29, 1.82) is 0 Å². The zero-order chi connectivity index (χ0) is 19.7. The van der Waals surface area contributed by atoms with E-state index < -0.39 is 10.0 Å². The lowest BCUT2D eigenvalue weighted by molar-refractivity contribution is -0.132. The Hall–Kier alpha value is -2.23. The van der Waals surface area contributed by atoms with Crippen molar-refractivity contribution >= 4 is 33.2 Å². The molecule has 1 aromatic carbocycles. The van der Waals surface area contributed by atoms with Crippen LogP contribution in [-0.4, -0.2) is 55.1 Å². The van der Waals surface area contributed by atoms with Gasteiger partial charge >= 0.3 is 0 Å². The summed E-state index contributed by atoms with van der Waals surface area (Å²) in [5.41, 5.74) is 1.01. The van der Waals surface area contributed by atoms with E-state index in [0.29, 0.717) is 17.3 Å². The third-order valence-electron chi connectivity index (χ3n) is 5.20. The van der Waals surface area contributed by atoms with Gasteiger partial charge in [0, 0.05) is 32.6 Å². The van der Waals surface area contributed by atoms with E-state index in [4.69, 9.17) is 0 Å². The summed E-state index contributed by atoms with van der Waals surface area (Å²) in [7, 11) is -3.47. The van der Waals surface area contributed by atoms with E-state index >= 15 is 0 Å². The number of rotatable bonds is 6. The smallest absolute Gasteiger partial charge is 0.252 e. The molecule has 148 valence electrons. The first kappa shape index (κ1) is 19.1. The molecule has 4 rings (SSSR count). The van der Waals surface area contributed by atoms with Crippen molar-refractivity contribution in [3.05, 3.63) is 53.4 Å². The highest BCUT2D eigenvalue weighted by Crippen LogP contribution is 2.30. The van der Waals surface area contributed by atoms with Crippen LogP contribution in [0.1, 0.15) is 12.0 Å². The van der Waals surface area contributed by atoms with Crippen molar-refractivity contribution in [1.82, 2.24) is 14.5 Å². The molecule has 2 aliphatic rings. The molecular formula is C19H21N3O4S2. The van der Waals surface area contributed by atoms with Crippen molar-refractivity contribution < 1.29 is 18.0 Å². The topological polar surface area (TPSA) is 86.8 Å². The molecular weight excluding hydrogens is 398 g/mol. The number of hydrogen-bond donors (Lipinski definition) is 1. The Morgan fingerprint density at radius 2 is 1.86 bits per heavy atom. The number of carbonyl (C=O) groups excluding carboxylic acids is 2. The Kier molecular flexibility index (Phi) is 5.22. The molecule has 2 saturated heterocycles. The second kappa shape index (κ2) is 7.65. The summed E-state index contributed by atoms with van der Waals surface area (Å²) in [4.78, 5) is 26.4. The van der Waals surface area contributed by atoms with Crippen LogP contribution < -0.4 is 5.32 Å². The average Bonchev–Trinajstić information content (AvgIpc) is 3.30. The van der Waals surface area contributed by atoms with E-state index in [1.54, 1.807) is 22.4 Å². The molecule has 1 atom stereocenters. The molecule has 1 N–H and O–H groups in total. The molecule has 2 aromatic rings. The molecule has 0 saturated carbocycles. The van der Waals surface area contributed by atoms with E-state index in [9.17, 15) is 18.0 Å². The van der Waals surface area contributed by atoms with E-state index in [2.05, 4.69) is 5.32 Å². The lowest BCUT2D eigenvalue weighted by atomic mass is 10.1. The highest BCUT2D eigenvalue weighted by Gasteiger charge is 2.45. The maximum Gasteiger partial charge on any atom is 0.252 e. The molecule has 2 amide bonds. The summed E-state index contributed by atoms with van der Waals surface area (Å²) >= 11 is 1.19. The zero-order valence-corrected chi connectivity index (χ0v) is 16.8. The van der Waals surface area contributed by atoms with Crippen LogP contribution >= 0.6 is 11.3 Å². The van der Waals surface area contributed by atoms with Gasteiger partial charge in [-0.25, -0.2) is 8.42 Å². The van der Waals surface area contributed by atoms with Gasteiger partial charge in [-0.3, -0.25) is 9.59 Å². The normalized spacial score (nSPS) is 20.9. The van der Waals surface area contributed by atoms with Gasteiger partial charge < -0.3 is 10.2 Å². The Labute approximate surface area is 168 Å². The van der Waals surface area contributed by atoms with Crippen LogP contribution in [0.15, 0.2) is 52.1 Å². The van der Waals surface area contributed by atoms with E-state index in [0.717, 1.165) is 5.56 Å². The van der Waals surface area contributed by atoms with Crippen LogP contribution in [0, 0.1) is 5.92 Å². The molecule has 28 heavy (non-hydrogen) atoms. The molecule has 9 heteroatoms.